The first-order valence-corrected chi connectivity index (χ1v) is 19.3. The van der Waals surface area contributed by atoms with Crippen LogP contribution in [-0.2, 0) is 5.41 Å². The summed E-state index contributed by atoms with van der Waals surface area (Å²) in [6.45, 7) is 6.82. The molecule has 10 rings (SSSR count). The summed E-state index contributed by atoms with van der Waals surface area (Å²) in [4.78, 5) is 0. The van der Waals surface area contributed by atoms with Crippen LogP contribution in [-0.4, -0.2) is 4.57 Å². The second-order valence-corrected chi connectivity index (χ2v) is 15.7. The van der Waals surface area contributed by atoms with Crippen LogP contribution < -0.4 is 0 Å². The summed E-state index contributed by atoms with van der Waals surface area (Å²) in [7, 11) is 0. The number of nitrogens with zero attached hydrogens (tertiary/aromatic N) is 1. The van der Waals surface area contributed by atoms with Crippen molar-refractivity contribution >= 4 is 43.4 Å². The Balaban J connectivity index is 1.08. The molecule has 0 bridgehead atoms. The Bertz CT molecular complexity index is 2960. The summed E-state index contributed by atoms with van der Waals surface area (Å²) in [6, 6.07) is 71.5. The second kappa shape index (κ2) is 13.0. The number of benzene rings is 9. The van der Waals surface area contributed by atoms with Crippen molar-refractivity contribution in [3.8, 4) is 50.2 Å². The van der Waals surface area contributed by atoms with Gasteiger partial charge in [-0.3, -0.25) is 0 Å². The van der Waals surface area contributed by atoms with E-state index in [4.69, 9.17) is 0 Å². The largest absolute Gasteiger partial charge is 0.309 e. The minimum absolute atomic E-state index is 0.108. The van der Waals surface area contributed by atoms with Crippen LogP contribution in [0, 0.1) is 0 Å². The van der Waals surface area contributed by atoms with E-state index in [1.165, 1.54) is 93.4 Å². The van der Waals surface area contributed by atoms with Crippen LogP contribution in [0.15, 0.2) is 194 Å². The predicted molar refractivity (Wildman–Crippen MR) is 236 cm³/mol. The molecule has 9 aromatic carbocycles. The number of fused-ring (bicyclic) bond motifs is 5. The van der Waals surface area contributed by atoms with Gasteiger partial charge in [-0.15, -0.1) is 0 Å². The van der Waals surface area contributed by atoms with Gasteiger partial charge in [-0.25, -0.2) is 0 Å². The van der Waals surface area contributed by atoms with Crippen molar-refractivity contribution in [1.29, 1.82) is 0 Å². The fourth-order valence-electron chi connectivity index (χ4n) is 8.58. The number of para-hydroxylation sites is 1. The Morgan fingerprint density at radius 3 is 1.25 bits per heavy atom. The highest BCUT2D eigenvalue weighted by Crippen LogP contribution is 2.44. The highest BCUT2D eigenvalue weighted by atomic mass is 15.0. The van der Waals surface area contributed by atoms with Gasteiger partial charge in [0.15, 0.2) is 0 Å². The van der Waals surface area contributed by atoms with Crippen LogP contribution in [0.5, 0.6) is 0 Å². The van der Waals surface area contributed by atoms with E-state index in [1.54, 1.807) is 0 Å². The van der Waals surface area contributed by atoms with Gasteiger partial charge in [0.1, 0.15) is 0 Å². The molecule has 0 saturated carbocycles. The molecule has 1 aromatic heterocycles. The Morgan fingerprint density at radius 2 is 0.709 bits per heavy atom. The fraction of sp³-hybridized carbons (Fsp3) is 0.0741. The molecule has 1 heterocycles. The Morgan fingerprint density at radius 1 is 0.309 bits per heavy atom. The quantitative estimate of drug-likeness (QED) is 0.157. The van der Waals surface area contributed by atoms with Crippen LogP contribution in [0.4, 0.5) is 0 Å². The zero-order valence-electron chi connectivity index (χ0n) is 31.4. The maximum absolute atomic E-state index is 2.41. The topological polar surface area (TPSA) is 4.93 Å². The molecule has 262 valence electrons. The third kappa shape index (κ3) is 5.63. The monoisotopic (exact) mass is 703 g/mol. The molecule has 1 heteroatoms. The summed E-state index contributed by atoms with van der Waals surface area (Å²) in [5, 5.41) is 7.60. The lowest BCUT2D eigenvalue weighted by Gasteiger charge is -2.21. The zero-order chi connectivity index (χ0) is 37.1. The first kappa shape index (κ1) is 32.9. The van der Waals surface area contributed by atoms with Gasteiger partial charge in [-0.2, -0.15) is 0 Å². The van der Waals surface area contributed by atoms with Gasteiger partial charge in [0, 0.05) is 16.5 Å². The van der Waals surface area contributed by atoms with Crippen molar-refractivity contribution in [2.24, 2.45) is 0 Å². The maximum atomic E-state index is 2.41. The SMILES string of the molecule is CC(C)(C)c1ccc(-c2c3ccccc3c(-c3ccc(-n4c5ccccc5c5cc(-c6ccc(-c7ccccc7)cc6)ccc54)cc3)c3ccccc23)cc1. The number of aromatic nitrogens is 1. The smallest absolute Gasteiger partial charge is 0.0541 e. The Hall–Kier alpha value is -6.70. The summed E-state index contributed by atoms with van der Waals surface area (Å²) in [5.41, 5.74) is 15.0. The van der Waals surface area contributed by atoms with Gasteiger partial charge in [0.2, 0.25) is 0 Å². The molecule has 0 fully saturated rings. The van der Waals surface area contributed by atoms with Crippen molar-refractivity contribution in [2.75, 3.05) is 0 Å². The molecule has 0 unspecified atom stereocenters. The third-order valence-corrected chi connectivity index (χ3v) is 11.4. The van der Waals surface area contributed by atoms with Crippen LogP contribution in [0.3, 0.4) is 0 Å². The van der Waals surface area contributed by atoms with E-state index in [1.807, 2.05) is 0 Å². The second-order valence-electron chi connectivity index (χ2n) is 15.7. The average Bonchev–Trinajstić information content (AvgIpc) is 3.56. The highest BCUT2D eigenvalue weighted by Gasteiger charge is 2.19. The van der Waals surface area contributed by atoms with E-state index in [0.29, 0.717) is 0 Å². The first-order valence-electron chi connectivity index (χ1n) is 19.3. The molecule has 0 aliphatic carbocycles. The van der Waals surface area contributed by atoms with E-state index >= 15 is 0 Å². The molecular weight excluding hydrogens is 663 g/mol. The Labute approximate surface area is 322 Å². The van der Waals surface area contributed by atoms with Crippen molar-refractivity contribution in [1.82, 2.24) is 4.57 Å². The van der Waals surface area contributed by atoms with Gasteiger partial charge in [0.05, 0.1) is 11.0 Å². The third-order valence-electron chi connectivity index (χ3n) is 11.4. The molecule has 0 aliphatic heterocycles. The zero-order valence-corrected chi connectivity index (χ0v) is 31.4. The lowest BCUT2D eigenvalue weighted by Crippen LogP contribution is -2.10. The van der Waals surface area contributed by atoms with Crippen molar-refractivity contribution in [3.63, 3.8) is 0 Å². The lowest BCUT2D eigenvalue weighted by atomic mass is 9.83. The molecule has 0 aliphatic rings. The van der Waals surface area contributed by atoms with E-state index in [0.717, 1.165) is 5.69 Å². The van der Waals surface area contributed by atoms with E-state index in [2.05, 4.69) is 219 Å². The minimum Gasteiger partial charge on any atom is -0.309 e. The highest BCUT2D eigenvalue weighted by molar-refractivity contribution is 6.21. The van der Waals surface area contributed by atoms with Crippen molar-refractivity contribution < 1.29 is 0 Å². The number of hydrogen-bond donors (Lipinski definition) is 0. The van der Waals surface area contributed by atoms with Gasteiger partial charge in [-0.1, -0.05) is 185 Å². The summed E-state index contributed by atoms with van der Waals surface area (Å²) in [5.74, 6) is 0. The normalized spacial score (nSPS) is 11.9. The van der Waals surface area contributed by atoms with Crippen LogP contribution in [0.2, 0.25) is 0 Å². The predicted octanol–water partition coefficient (Wildman–Crippen LogP) is 15.1. The average molecular weight is 704 g/mol. The molecule has 0 atom stereocenters. The van der Waals surface area contributed by atoms with Crippen LogP contribution >= 0.6 is 0 Å². The van der Waals surface area contributed by atoms with Crippen LogP contribution in [0.1, 0.15) is 26.3 Å². The van der Waals surface area contributed by atoms with E-state index < -0.39 is 0 Å². The molecule has 55 heavy (non-hydrogen) atoms. The standard InChI is InChI=1S/C54H41N/c1-54(2,3)42-30-25-39(26-31-42)52-45-16-7-9-18-47(45)53(48-19-10-8-17-46(48)52)40-27-32-43(33-28-40)55-50-20-12-11-15-44(50)49-35-41(29-34-51(49)55)38-23-21-37(22-24-38)36-13-5-4-6-14-36/h4-35H,1-3H3. The molecule has 0 amide bonds. The van der Waals surface area contributed by atoms with Crippen LogP contribution in [0.25, 0.3) is 93.5 Å². The summed E-state index contributed by atoms with van der Waals surface area (Å²) < 4.78 is 2.41. The lowest BCUT2D eigenvalue weighted by molar-refractivity contribution is 0.590. The van der Waals surface area contributed by atoms with Gasteiger partial charge in [-0.05, 0) is 107 Å². The molecule has 0 saturated heterocycles. The summed E-state index contributed by atoms with van der Waals surface area (Å²) >= 11 is 0. The fourth-order valence-corrected chi connectivity index (χ4v) is 8.58. The van der Waals surface area contributed by atoms with Gasteiger partial charge in [0.25, 0.3) is 0 Å². The van der Waals surface area contributed by atoms with Gasteiger partial charge >= 0.3 is 0 Å². The van der Waals surface area contributed by atoms with Crippen molar-refractivity contribution in [3.05, 3.63) is 200 Å². The number of rotatable bonds is 5. The molecule has 1 nitrogen and oxygen atoms in total. The summed E-state index contributed by atoms with van der Waals surface area (Å²) in [6.07, 6.45) is 0. The van der Waals surface area contributed by atoms with Gasteiger partial charge < -0.3 is 4.57 Å². The van der Waals surface area contributed by atoms with Crippen molar-refractivity contribution in [2.45, 2.75) is 26.2 Å². The van der Waals surface area contributed by atoms with E-state index in [-0.39, 0.29) is 5.41 Å². The molecule has 10 aromatic rings. The van der Waals surface area contributed by atoms with E-state index in [9.17, 15) is 0 Å². The minimum atomic E-state index is 0.108. The molecule has 0 radical (unpaired) electrons. The first-order chi connectivity index (χ1) is 26.9. The molecular formula is C54H41N. The maximum Gasteiger partial charge on any atom is 0.0541 e. The molecule has 0 spiro atoms. The Kier molecular flexibility index (Phi) is 7.78. The number of hydrogen-bond acceptors (Lipinski definition) is 0. The molecule has 0 N–H and O–H groups in total.